The number of thioether (sulfide) groups is 1. The molecule has 1 atom stereocenters. The molecule has 0 fully saturated rings. The molecule has 0 saturated heterocycles. The quantitative estimate of drug-likeness (QED) is 0.499. The van der Waals surface area contributed by atoms with Gasteiger partial charge in [-0.25, -0.2) is 0 Å². The first-order valence-corrected chi connectivity index (χ1v) is 6.41. The number of aliphatic hydroxyl groups is 1. The number of hydrogen-bond donors (Lipinski definition) is 1. The van der Waals surface area contributed by atoms with E-state index in [2.05, 4.69) is 0 Å². The molecule has 1 N–H and O–H groups in total. The molecule has 0 amide bonds. The smallest absolute Gasteiger partial charge is 0.269 e. The highest BCUT2D eigenvalue weighted by Crippen LogP contribution is 2.28. The second-order valence-electron chi connectivity index (χ2n) is 4.55. The van der Waals surface area contributed by atoms with E-state index in [0.717, 1.165) is 4.90 Å². The summed E-state index contributed by atoms with van der Waals surface area (Å²) in [6.45, 7) is 5.74. The molecule has 1 aromatic carbocycles. The fourth-order valence-electron chi connectivity index (χ4n) is 1.06. The van der Waals surface area contributed by atoms with Gasteiger partial charge in [-0.15, -0.1) is 11.8 Å². The molecule has 1 unspecified atom stereocenters. The molecule has 0 bridgehead atoms. The zero-order valence-electron chi connectivity index (χ0n) is 10.2. The maximum atomic E-state index is 10.5. The van der Waals surface area contributed by atoms with E-state index in [-0.39, 0.29) is 11.6 Å². The molecular weight excluding hydrogens is 238 g/mol. The van der Waals surface area contributed by atoms with Gasteiger partial charge in [0.2, 0.25) is 0 Å². The molecule has 0 radical (unpaired) electrons. The molecule has 0 spiro atoms. The van der Waals surface area contributed by atoms with E-state index >= 15 is 0 Å². The van der Waals surface area contributed by atoms with Crippen molar-refractivity contribution in [2.45, 2.75) is 31.3 Å². The number of non-ortho nitro benzene ring substituents is 1. The summed E-state index contributed by atoms with van der Waals surface area (Å²) in [5, 5.41) is 20.5. The van der Waals surface area contributed by atoms with Crippen molar-refractivity contribution < 1.29 is 10.0 Å². The van der Waals surface area contributed by atoms with E-state index in [9.17, 15) is 15.2 Å². The van der Waals surface area contributed by atoms with Crippen LogP contribution in [0.15, 0.2) is 29.2 Å². The average molecular weight is 255 g/mol. The first-order chi connectivity index (χ1) is 7.83. The summed E-state index contributed by atoms with van der Waals surface area (Å²) in [5.74, 6) is 0.746. The van der Waals surface area contributed by atoms with Crippen molar-refractivity contribution in [2.75, 3.05) is 5.75 Å². The van der Waals surface area contributed by atoms with Gasteiger partial charge < -0.3 is 5.11 Å². The van der Waals surface area contributed by atoms with Crippen LogP contribution in [-0.4, -0.2) is 21.4 Å². The number of nitro benzene ring substituents is 1. The van der Waals surface area contributed by atoms with Gasteiger partial charge in [0.05, 0.1) is 10.5 Å². The molecule has 5 heteroatoms. The number of benzene rings is 1. The fraction of sp³-hybridized carbons (Fsp3) is 0.500. The highest BCUT2D eigenvalue weighted by atomic mass is 32.2. The molecule has 0 aliphatic heterocycles. The Morgan fingerprint density at radius 3 is 2.35 bits per heavy atom. The van der Waals surface area contributed by atoms with Crippen LogP contribution < -0.4 is 0 Å². The van der Waals surface area contributed by atoms with Crippen molar-refractivity contribution in [1.29, 1.82) is 0 Å². The first kappa shape index (κ1) is 14.0. The van der Waals surface area contributed by atoms with Crippen LogP contribution in [-0.2, 0) is 0 Å². The summed E-state index contributed by atoms with van der Waals surface area (Å²) >= 11 is 1.50. The molecule has 0 aromatic heterocycles. The average Bonchev–Trinajstić information content (AvgIpc) is 2.27. The molecule has 0 aliphatic carbocycles. The summed E-state index contributed by atoms with van der Waals surface area (Å²) in [4.78, 5) is 11.0. The van der Waals surface area contributed by atoms with E-state index in [0.29, 0.717) is 5.75 Å². The minimum Gasteiger partial charge on any atom is -0.389 e. The topological polar surface area (TPSA) is 63.4 Å². The lowest BCUT2D eigenvalue weighted by Crippen LogP contribution is -2.33. The lowest BCUT2D eigenvalue weighted by molar-refractivity contribution is -0.384. The van der Waals surface area contributed by atoms with Gasteiger partial charge in [-0.3, -0.25) is 10.1 Å². The fourth-order valence-corrected chi connectivity index (χ4v) is 2.18. The molecular formula is C12H17NO3S. The molecule has 0 aliphatic rings. The van der Waals surface area contributed by atoms with Gasteiger partial charge in [0, 0.05) is 22.8 Å². The third-order valence-corrected chi connectivity index (χ3v) is 4.16. The van der Waals surface area contributed by atoms with Gasteiger partial charge in [0.15, 0.2) is 0 Å². The Bertz CT molecular complexity index is 387. The van der Waals surface area contributed by atoms with Crippen LogP contribution >= 0.6 is 11.8 Å². The van der Waals surface area contributed by atoms with Crippen LogP contribution in [0.4, 0.5) is 5.69 Å². The van der Waals surface area contributed by atoms with Gasteiger partial charge in [-0.2, -0.15) is 0 Å². The van der Waals surface area contributed by atoms with Crippen LogP contribution in [0.2, 0.25) is 0 Å². The van der Waals surface area contributed by atoms with Crippen LogP contribution in [0.5, 0.6) is 0 Å². The number of hydrogen-bond acceptors (Lipinski definition) is 4. The third kappa shape index (κ3) is 4.02. The highest BCUT2D eigenvalue weighted by molar-refractivity contribution is 7.99. The Kier molecular flexibility index (Phi) is 4.54. The molecule has 1 rings (SSSR count). The zero-order valence-corrected chi connectivity index (χ0v) is 11.0. The van der Waals surface area contributed by atoms with Gasteiger partial charge in [0.1, 0.15) is 0 Å². The SMILES string of the molecule is CC(C)C(C)(O)CSc1ccc([N+](=O)[O-])cc1. The van der Waals surface area contributed by atoms with Crippen molar-refractivity contribution in [3.05, 3.63) is 34.4 Å². The van der Waals surface area contributed by atoms with Gasteiger partial charge in [-0.05, 0) is 25.0 Å². The van der Waals surface area contributed by atoms with Crippen LogP contribution in [0.25, 0.3) is 0 Å². The maximum Gasteiger partial charge on any atom is 0.269 e. The van der Waals surface area contributed by atoms with E-state index < -0.39 is 10.5 Å². The van der Waals surface area contributed by atoms with Crippen LogP contribution in [0, 0.1) is 16.0 Å². The Morgan fingerprint density at radius 2 is 1.94 bits per heavy atom. The lowest BCUT2D eigenvalue weighted by atomic mass is 9.95. The highest BCUT2D eigenvalue weighted by Gasteiger charge is 2.24. The predicted molar refractivity (Wildman–Crippen MR) is 69.3 cm³/mol. The molecule has 0 saturated carbocycles. The minimum absolute atomic E-state index is 0.0879. The van der Waals surface area contributed by atoms with Crippen molar-refractivity contribution in [3.8, 4) is 0 Å². The van der Waals surface area contributed by atoms with Crippen molar-refractivity contribution >= 4 is 17.4 Å². The molecule has 94 valence electrons. The lowest BCUT2D eigenvalue weighted by Gasteiger charge is -2.27. The normalized spacial score (nSPS) is 14.6. The molecule has 17 heavy (non-hydrogen) atoms. The van der Waals surface area contributed by atoms with Crippen LogP contribution in [0.1, 0.15) is 20.8 Å². The van der Waals surface area contributed by atoms with Crippen molar-refractivity contribution in [2.24, 2.45) is 5.92 Å². The Labute approximate surface area is 105 Å². The maximum absolute atomic E-state index is 10.5. The van der Waals surface area contributed by atoms with Crippen molar-refractivity contribution in [3.63, 3.8) is 0 Å². The largest absolute Gasteiger partial charge is 0.389 e. The standard InChI is InChI=1S/C12H17NO3S/c1-9(2)12(3,14)8-17-11-6-4-10(5-7-11)13(15)16/h4-7,9,14H,8H2,1-3H3. The summed E-state index contributed by atoms with van der Waals surface area (Å²) in [6.07, 6.45) is 0. The second kappa shape index (κ2) is 5.51. The van der Waals surface area contributed by atoms with Gasteiger partial charge in [0.25, 0.3) is 5.69 Å². The third-order valence-electron chi connectivity index (χ3n) is 2.82. The van der Waals surface area contributed by atoms with Crippen LogP contribution in [0.3, 0.4) is 0 Å². The monoisotopic (exact) mass is 255 g/mol. The van der Waals surface area contributed by atoms with Gasteiger partial charge in [-0.1, -0.05) is 13.8 Å². The Morgan fingerprint density at radius 1 is 1.41 bits per heavy atom. The molecule has 1 aromatic rings. The minimum atomic E-state index is -0.730. The summed E-state index contributed by atoms with van der Waals surface area (Å²) in [6, 6.07) is 6.37. The summed E-state index contributed by atoms with van der Waals surface area (Å²) in [7, 11) is 0. The number of nitrogens with zero attached hydrogens (tertiary/aromatic N) is 1. The summed E-state index contributed by atoms with van der Waals surface area (Å²) in [5.41, 5.74) is -0.642. The number of nitro groups is 1. The van der Waals surface area contributed by atoms with E-state index in [1.807, 2.05) is 13.8 Å². The predicted octanol–water partition coefficient (Wildman–Crippen LogP) is 3.09. The Balaban J connectivity index is 2.62. The van der Waals surface area contributed by atoms with E-state index in [1.165, 1.54) is 23.9 Å². The van der Waals surface area contributed by atoms with E-state index in [1.54, 1.807) is 19.1 Å². The zero-order chi connectivity index (χ0) is 13.1. The van der Waals surface area contributed by atoms with Crippen molar-refractivity contribution in [1.82, 2.24) is 0 Å². The first-order valence-electron chi connectivity index (χ1n) is 5.42. The molecule has 0 heterocycles. The van der Waals surface area contributed by atoms with E-state index in [4.69, 9.17) is 0 Å². The van der Waals surface area contributed by atoms with Gasteiger partial charge >= 0.3 is 0 Å². The number of rotatable bonds is 5. The second-order valence-corrected chi connectivity index (χ2v) is 5.60. The molecule has 4 nitrogen and oxygen atoms in total. The summed E-state index contributed by atoms with van der Waals surface area (Å²) < 4.78 is 0. The Hall–Kier alpha value is -1.07.